The average molecular weight is 534 g/mol. The summed E-state index contributed by atoms with van der Waals surface area (Å²) in [5.41, 5.74) is 1.30. The number of aryl methyl sites for hydroxylation is 1. The molecular weight excluding hydrogens is 506 g/mol. The molecule has 5 atom stereocenters. The Bertz CT molecular complexity index is 1410. The summed E-state index contributed by atoms with van der Waals surface area (Å²) >= 11 is 0. The molecule has 4 fully saturated rings. The van der Waals surface area contributed by atoms with E-state index in [4.69, 9.17) is 9.47 Å². The summed E-state index contributed by atoms with van der Waals surface area (Å²) in [6.07, 6.45) is 2.89. The van der Waals surface area contributed by atoms with Crippen LogP contribution in [0.2, 0.25) is 0 Å². The molecule has 3 amide bonds. The molecule has 2 heterocycles. The fourth-order valence-electron chi connectivity index (χ4n) is 6.89. The van der Waals surface area contributed by atoms with Gasteiger partial charge < -0.3 is 14.4 Å². The third-order valence-electron chi connectivity index (χ3n) is 8.68. The molecule has 2 saturated carbocycles. The molecule has 0 N–H and O–H groups in total. The number of nitrogens with zero attached hydrogens (tertiary/aromatic N) is 3. The van der Waals surface area contributed by atoms with Gasteiger partial charge in [-0.3, -0.25) is 29.3 Å². The van der Waals surface area contributed by atoms with E-state index in [1.54, 1.807) is 25.1 Å². The predicted octanol–water partition coefficient (Wildman–Crippen LogP) is 3.41. The SMILES string of the molecule is COc1cc([N+](=O)[O-])ccc1N1C[C@H](C(=O)Oc2ccc(N3C(=O)[C@H]4[C@H]5CC[C@@H](C5)[C@@H]4C3=O)c(C)c2)CC1=O. The predicted molar refractivity (Wildman–Crippen MR) is 137 cm³/mol. The molecule has 2 bridgehead atoms. The molecule has 39 heavy (non-hydrogen) atoms. The van der Waals surface area contributed by atoms with Crippen LogP contribution in [-0.2, 0) is 19.2 Å². The molecule has 2 aromatic rings. The van der Waals surface area contributed by atoms with E-state index >= 15 is 0 Å². The first-order valence-electron chi connectivity index (χ1n) is 13.0. The Balaban J connectivity index is 1.15. The second-order valence-corrected chi connectivity index (χ2v) is 10.8. The van der Waals surface area contributed by atoms with Crippen LogP contribution in [0.4, 0.5) is 17.1 Å². The van der Waals surface area contributed by atoms with Crippen LogP contribution >= 0.6 is 0 Å². The Labute approximate surface area is 223 Å². The van der Waals surface area contributed by atoms with Crippen molar-refractivity contribution in [3.8, 4) is 11.5 Å². The molecular formula is C28H27N3O8. The van der Waals surface area contributed by atoms with Gasteiger partial charge in [0, 0.05) is 19.0 Å². The zero-order valence-electron chi connectivity index (χ0n) is 21.5. The Kier molecular flexibility index (Phi) is 5.89. The number of ether oxygens (including phenoxy) is 2. The number of hydrogen-bond acceptors (Lipinski definition) is 8. The number of esters is 1. The van der Waals surface area contributed by atoms with E-state index in [1.165, 1.54) is 35.1 Å². The van der Waals surface area contributed by atoms with Crippen molar-refractivity contribution in [3.63, 3.8) is 0 Å². The number of imide groups is 1. The number of non-ortho nitro benzene ring substituents is 1. The van der Waals surface area contributed by atoms with Crippen molar-refractivity contribution < 1.29 is 33.6 Å². The molecule has 2 aliphatic heterocycles. The Morgan fingerprint density at radius 3 is 2.28 bits per heavy atom. The van der Waals surface area contributed by atoms with Crippen LogP contribution in [0.5, 0.6) is 11.5 Å². The van der Waals surface area contributed by atoms with Gasteiger partial charge in [-0.2, -0.15) is 0 Å². The molecule has 0 unspecified atom stereocenters. The number of fused-ring (bicyclic) bond motifs is 5. The lowest BCUT2D eigenvalue weighted by Crippen LogP contribution is -2.33. The molecule has 11 heteroatoms. The first kappa shape index (κ1) is 25.0. The maximum atomic E-state index is 13.2. The number of rotatable bonds is 6. The largest absolute Gasteiger partial charge is 0.494 e. The molecule has 6 rings (SSSR count). The summed E-state index contributed by atoms with van der Waals surface area (Å²) in [5, 5.41) is 11.1. The number of carbonyl (C=O) groups is 4. The standard InChI is InChI=1S/C28H27N3O8/c1-14-9-19(6-8-20(14)30-26(33)24-15-3-4-16(10-15)25(24)27(30)34)39-28(35)17-11-23(32)29(13-17)21-7-5-18(31(36)37)12-22(21)38-2/h5-9,12,15-17,24-25H,3-4,10-11,13H2,1-2H3/t15-,16-,17+,24-,25-/m0/s1. The van der Waals surface area contributed by atoms with Crippen molar-refractivity contribution in [2.75, 3.05) is 23.5 Å². The number of benzene rings is 2. The van der Waals surface area contributed by atoms with E-state index < -0.39 is 16.8 Å². The van der Waals surface area contributed by atoms with Gasteiger partial charge in [-0.25, -0.2) is 4.90 Å². The van der Waals surface area contributed by atoms with E-state index in [-0.39, 0.29) is 59.7 Å². The maximum Gasteiger partial charge on any atom is 0.316 e. The van der Waals surface area contributed by atoms with Crippen LogP contribution in [-0.4, -0.2) is 42.3 Å². The Morgan fingerprint density at radius 2 is 1.67 bits per heavy atom. The van der Waals surface area contributed by atoms with Crippen molar-refractivity contribution in [1.82, 2.24) is 0 Å². The Hall–Kier alpha value is -4.28. The third kappa shape index (κ3) is 3.95. The van der Waals surface area contributed by atoms with Gasteiger partial charge in [-0.05, 0) is 67.9 Å². The van der Waals surface area contributed by atoms with Gasteiger partial charge in [0.25, 0.3) is 5.69 Å². The number of methoxy groups -OCH3 is 1. The van der Waals surface area contributed by atoms with Gasteiger partial charge in [-0.1, -0.05) is 0 Å². The number of amides is 3. The van der Waals surface area contributed by atoms with Gasteiger partial charge in [0.2, 0.25) is 17.7 Å². The lowest BCUT2D eigenvalue weighted by Gasteiger charge is -2.20. The summed E-state index contributed by atoms with van der Waals surface area (Å²) in [6, 6.07) is 8.72. The van der Waals surface area contributed by atoms with Gasteiger partial charge in [0.05, 0.1) is 47.2 Å². The molecule has 2 aromatic carbocycles. The summed E-state index contributed by atoms with van der Waals surface area (Å²) in [4.78, 5) is 65.3. The van der Waals surface area contributed by atoms with Crippen LogP contribution in [0, 0.1) is 46.6 Å². The second kappa shape index (κ2) is 9.18. The molecule has 0 aromatic heterocycles. The highest BCUT2D eigenvalue weighted by Crippen LogP contribution is 2.56. The summed E-state index contributed by atoms with van der Waals surface area (Å²) in [5.74, 6) is -1.39. The molecule has 2 aliphatic carbocycles. The minimum absolute atomic E-state index is 0.0325. The minimum Gasteiger partial charge on any atom is -0.494 e. The highest BCUT2D eigenvalue weighted by atomic mass is 16.6. The zero-order chi connectivity index (χ0) is 27.6. The Morgan fingerprint density at radius 1 is 1.00 bits per heavy atom. The smallest absolute Gasteiger partial charge is 0.316 e. The second-order valence-electron chi connectivity index (χ2n) is 10.8. The highest BCUT2D eigenvalue weighted by Gasteiger charge is 2.61. The van der Waals surface area contributed by atoms with Crippen LogP contribution in [0.15, 0.2) is 36.4 Å². The third-order valence-corrected chi connectivity index (χ3v) is 8.68. The number of nitro benzene ring substituents is 1. The van der Waals surface area contributed by atoms with Crippen molar-refractivity contribution in [2.45, 2.75) is 32.6 Å². The number of carbonyl (C=O) groups excluding carboxylic acids is 4. The van der Waals surface area contributed by atoms with Gasteiger partial charge >= 0.3 is 5.97 Å². The number of hydrogen-bond donors (Lipinski definition) is 0. The lowest BCUT2D eigenvalue weighted by atomic mass is 9.81. The first-order valence-corrected chi connectivity index (χ1v) is 13.0. The molecule has 4 aliphatic rings. The van der Waals surface area contributed by atoms with E-state index in [9.17, 15) is 29.3 Å². The first-order chi connectivity index (χ1) is 18.7. The maximum absolute atomic E-state index is 13.2. The normalized spacial score (nSPS) is 27.3. The van der Waals surface area contributed by atoms with Crippen LogP contribution in [0.3, 0.4) is 0 Å². The van der Waals surface area contributed by atoms with Crippen LogP contribution in [0.1, 0.15) is 31.2 Å². The fourth-order valence-corrected chi connectivity index (χ4v) is 6.89. The molecule has 2 saturated heterocycles. The van der Waals surface area contributed by atoms with Crippen molar-refractivity contribution >= 4 is 40.8 Å². The van der Waals surface area contributed by atoms with Crippen molar-refractivity contribution in [3.05, 3.63) is 52.1 Å². The van der Waals surface area contributed by atoms with Crippen LogP contribution < -0.4 is 19.3 Å². The monoisotopic (exact) mass is 533 g/mol. The zero-order valence-corrected chi connectivity index (χ0v) is 21.5. The molecule has 0 spiro atoms. The molecule has 11 nitrogen and oxygen atoms in total. The fraction of sp³-hybridized carbons (Fsp3) is 0.429. The van der Waals surface area contributed by atoms with Crippen molar-refractivity contribution in [1.29, 1.82) is 0 Å². The van der Waals surface area contributed by atoms with Gasteiger partial charge in [-0.15, -0.1) is 0 Å². The topological polar surface area (TPSA) is 136 Å². The summed E-state index contributed by atoms with van der Waals surface area (Å²) < 4.78 is 10.8. The minimum atomic E-state index is -0.756. The van der Waals surface area contributed by atoms with Crippen LogP contribution in [0.25, 0.3) is 0 Å². The van der Waals surface area contributed by atoms with Gasteiger partial charge in [0.1, 0.15) is 11.5 Å². The molecule has 202 valence electrons. The number of anilines is 2. The van der Waals surface area contributed by atoms with Gasteiger partial charge in [0.15, 0.2) is 0 Å². The summed E-state index contributed by atoms with van der Waals surface area (Å²) in [7, 11) is 1.35. The van der Waals surface area contributed by atoms with E-state index in [0.29, 0.717) is 28.8 Å². The quantitative estimate of drug-likeness (QED) is 0.181. The lowest BCUT2D eigenvalue weighted by molar-refractivity contribution is -0.384. The van der Waals surface area contributed by atoms with E-state index in [2.05, 4.69) is 0 Å². The van der Waals surface area contributed by atoms with E-state index in [0.717, 1.165) is 19.3 Å². The average Bonchev–Trinajstić information content (AvgIpc) is 3.68. The molecule has 0 radical (unpaired) electrons. The van der Waals surface area contributed by atoms with E-state index in [1.807, 2.05) is 0 Å². The highest BCUT2D eigenvalue weighted by molar-refractivity contribution is 6.23. The number of nitro groups is 1. The van der Waals surface area contributed by atoms with Crippen molar-refractivity contribution in [2.24, 2.45) is 29.6 Å². The summed E-state index contributed by atoms with van der Waals surface area (Å²) in [6.45, 7) is 1.79.